The van der Waals surface area contributed by atoms with E-state index >= 15 is 0 Å². The number of nitrogens with one attached hydrogen (secondary N) is 3. The van der Waals surface area contributed by atoms with Crippen molar-refractivity contribution in [1.82, 2.24) is 20.9 Å². The molecule has 0 saturated carbocycles. The Morgan fingerprint density at radius 1 is 0.522 bits per heavy atom. The molecule has 0 radical (unpaired) electrons. The third-order valence-corrected chi connectivity index (χ3v) is 9.23. The molecule has 2 rings (SSSR count). The largest absolute Gasteiger partial charge is 0.463 e. The Kier molecular flexibility index (Phi) is 30.5. The number of carbonyl (C=O) groups excluding carboxylic acids is 6. The second-order valence-electron chi connectivity index (χ2n) is 14.4. The first-order valence-electron chi connectivity index (χ1n) is 21.7. The van der Waals surface area contributed by atoms with Gasteiger partial charge in [0, 0.05) is 47.1 Å². The van der Waals surface area contributed by atoms with Gasteiger partial charge in [0.1, 0.15) is 25.6 Å². The van der Waals surface area contributed by atoms with Crippen LogP contribution in [0.2, 0.25) is 0 Å². The van der Waals surface area contributed by atoms with E-state index in [0.717, 1.165) is 23.4 Å². The van der Waals surface area contributed by atoms with Crippen LogP contribution in [0.25, 0.3) is 11.1 Å². The quantitative estimate of drug-likeness (QED) is 0.0315. The minimum Gasteiger partial charge on any atom is -0.463 e. The second-order valence-corrected chi connectivity index (χ2v) is 16.2. The highest BCUT2D eigenvalue weighted by molar-refractivity contribution is 7.52. The fraction of sp³-hybridized carbons (Fsp3) is 0.591. The summed E-state index contributed by atoms with van der Waals surface area (Å²) in [6, 6.07) is 13.0. The van der Waals surface area contributed by atoms with Crippen LogP contribution >= 0.6 is 7.60 Å². The highest BCUT2D eigenvalue weighted by Crippen LogP contribution is 2.38. The van der Waals surface area contributed by atoms with Gasteiger partial charge in [0.2, 0.25) is 17.7 Å². The molecule has 4 N–H and O–H groups in total. The Balaban J connectivity index is 2.16. The van der Waals surface area contributed by atoms with Gasteiger partial charge in [-0.2, -0.15) is 0 Å². The van der Waals surface area contributed by atoms with Gasteiger partial charge in [-0.3, -0.25) is 33.7 Å². The summed E-state index contributed by atoms with van der Waals surface area (Å²) in [4.78, 5) is 84.6. The molecule has 22 nitrogen and oxygen atoms in total. The van der Waals surface area contributed by atoms with Gasteiger partial charge in [-0.25, -0.2) is 4.57 Å². The van der Waals surface area contributed by atoms with Crippen molar-refractivity contribution in [3.8, 4) is 16.9 Å². The smallest absolute Gasteiger partial charge is 0.373 e. The maximum Gasteiger partial charge on any atom is 0.373 e. The minimum atomic E-state index is -3.74. The van der Waals surface area contributed by atoms with Crippen LogP contribution in [0.1, 0.15) is 26.3 Å². The first-order chi connectivity index (χ1) is 32.1. The topological polar surface area (TPSA) is 271 Å². The summed E-state index contributed by atoms with van der Waals surface area (Å²) in [5.41, 5.74) is 2.33. The van der Waals surface area contributed by atoms with Gasteiger partial charge in [0.15, 0.2) is 0 Å². The van der Waals surface area contributed by atoms with Crippen molar-refractivity contribution in [2.24, 2.45) is 0 Å². The number of hydrogen-bond donors (Lipinski definition) is 4. The lowest BCUT2D eigenvalue weighted by Gasteiger charge is -2.30. The summed E-state index contributed by atoms with van der Waals surface area (Å²) in [6.07, 6.45) is 0.0971. The molecule has 2 atom stereocenters. The number of carbonyl (C=O) groups is 6. The summed E-state index contributed by atoms with van der Waals surface area (Å²) < 4.78 is 63.9. The Morgan fingerprint density at radius 3 is 1.24 bits per heavy atom. The fourth-order valence-corrected chi connectivity index (χ4v) is 6.21. The molecule has 0 heterocycles. The standard InChI is InChI=1S/C44H67N4O18P/c1-34(49)63-28-25-60-22-19-57-16-13-45-42(52)32-48(33-43(53)46-14-17-58-20-23-61-26-29-64-35(2)50)41(44(54)47-15-18-59-21-24-62-27-30-65-36(3)51)31-37-5-7-38(8-6-37)39-9-11-40(12-10-39)66-67(4,55)56/h5-12,41H,13-33H2,1-4H3,(H,45,52)(H,46,53)(H,47,54)(H,55,56). The maximum atomic E-state index is 14.1. The average molecular weight is 971 g/mol. The van der Waals surface area contributed by atoms with E-state index < -0.39 is 49.3 Å². The molecule has 376 valence electrons. The van der Waals surface area contributed by atoms with E-state index in [-0.39, 0.29) is 144 Å². The van der Waals surface area contributed by atoms with Gasteiger partial charge in [0.25, 0.3) is 0 Å². The lowest BCUT2D eigenvalue weighted by molar-refractivity contribution is -0.143. The van der Waals surface area contributed by atoms with Crippen LogP contribution in [0.15, 0.2) is 48.5 Å². The molecule has 0 bridgehead atoms. The van der Waals surface area contributed by atoms with Gasteiger partial charge < -0.3 is 68.0 Å². The van der Waals surface area contributed by atoms with Crippen molar-refractivity contribution in [3.05, 3.63) is 54.1 Å². The molecule has 0 saturated heterocycles. The predicted molar refractivity (Wildman–Crippen MR) is 241 cm³/mol. The van der Waals surface area contributed by atoms with Crippen LogP contribution in [0.3, 0.4) is 0 Å². The highest BCUT2D eigenvalue weighted by Gasteiger charge is 2.30. The molecule has 0 aliphatic heterocycles. The van der Waals surface area contributed by atoms with Gasteiger partial charge in [-0.1, -0.05) is 36.4 Å². The molecule has 2 aromatic carbocycles. The molecule has 0 fully saturated rings. The molecule has 3 amide bonds. The zero-order valence-corrected chi connectivity index (χ0v) is 39.7. The van der Waals surface area contributed by atoms with E-state index in [4.69, 9.17) is 47.2 Å². The number of benzene rings is 2. The zero-order chi connectivity index (χ0) is 49.1. The molecule has 0 aromatic heterocycles. The molecule has 23 heteroatoms. The molecular weight excluding hydrogens is 903 g/mol. The lowest BCUT2D eigenvalue weighted by atomic mass is 9.99. The number of hydrogen-bond acceptors (Lipinski definition) is 18. The lowest BCUT2D eigenvalue weighted by Crippen LogP contribution is -2.54. The van der Waals surface area contributed by atoms with Gasteiger partial charge in [-0.05, 0) is 35.2 Å². The summed E-state index contributed by atoms with van der Waals surface area (Å²) in [5.74, 6) is -2.37. The molecule has 0 aliphatic carbocycles. The predicted octanol–water partition coefficient (Wildman–Crippen LogP) is 0.898. The van der Waals surface area contributed by atoms with E-state index in [1.165, 1.54) is 25.7 Å². The van der Waals surface area contributed by atoms with Gasteiger partial charge in [-0.15, -0.1) is 0 Å². The summed E-state index contributed by atoms with van der Waals surface area (Å²) in [7, 11) is -3.74. The Labute approximate surface area is 391 Å². The van der Waals surface area contributed by atoms with Crippen molar-refractivity contribution in [3.63, 3.8) is 0 Å². The van der Waals surface area contributed by atoms with Crippen molar-refractivity contribution < 1.29 is 85.4 Å². The number of ether oxygens (including phenoxy) is 9. The van der Waals surface area contributed by atoms with Crippen LogP contribution in [0.5, 0.6) is 5.75 Å². The molecule has 67 heavy (non-hydrogen) atoms. The normalized spacial score (nSPS) is 12.4. The fourth-order valence-electron chi connectivity index (χ4n) is 5.69. The third-order valence-electron chi connectivity index (χ3n) is 8.68. The molecule has 2 aromatic rings. The van der Waals surface area contributed by atoms with Crippen molar-refractivity contribution >= 4 is 43.2 Å². The molecular formula is C44H67N4O18P. The minimum absolute atomic E-state index is 0.0971. The molecule has 0 spiro atoms. The number of amides is 3. The van der Waals surface area contributed by atoms with Gasteiger partial charge in [0.05, 0.1) is 98.4 Å². The monoisotopic (exact) mass is 970 g/mol. The zero-order valence-electron chi connectivity index (χ0n) is 38.8. The Bertz CT molecular complexity index is 1750. The molecule has 2 unspecified atom stereocenters. The van der Waals surface area contributed by atoms with E-state index in [1.807, 2.05) is 24.3 Å². The van der Waals surface area contributed by atoms with Crippen LogP contribution in [0.4, 0.5) is 0 Å². The summed E-state index contributed by atoms with van der Waals surface area (Å²) in [5, 5.41) is 8.41. The van der Waals surface area contributed by atoms with E-state index in [1.54, 1.807) is 24.3 Å². The number of esters is 3. The van der Waals surface area contributed by atoms with Crippen molar-refractivity contribution in [1.29, 1.82) is 0 Å². The van der Waals surface area contributed by atoms with Crippen LogP contribution in [0, 0.1) is 0 Å². The maximum absolute atomic E-state index is 14.1. The van der Waals surface area contributed by atoms with Gasteiger partial charge >= 0.3 is 25.5 Å². The van der Waals surface area contributed by atoms with Crippen LogP contribution in [-0.2, 0) is 82.4 Å². The highest BCUT2D eigenvalue weighted by atomic mass is 31.2. The molecule has 0 aliphatic rings. The van der Waals surface area contributed by atoms with Crippen molar-refractivity contribution in [2.45, 2.75) is 33.2 Å². The van der Waals surface area contributed by atoms with E-state index in [2.05, 4.69) is 16.0 Å². The number of nitrogens with zero attached hydrogens (tertiary/aromatic N) is 1. The first kappa shape index (κ1) is 58.1. The van der Waals surface area contributed by atoms with Crippen LogP contribution in [-0.4, -0.2) is 190 Å². The Hall–Kier alpha value is -5.03. The van der Waals surface area contributed by atoms with E-state index in [9.17, 15) is 38.2 Å². The van der Waals surface area contributed by atoms with E-state index in [0.29, 0.717) is 0 Å². The van der Waals surface area contributed by atoms with Crippen LogP contribution < -0.4 is 20.5 Å². The third kappa shape index (κ3) is 30.8. The summed E-state index contributed by atoms with van der Waals surface area (Å²) in [6.45, 7) is 7.57. The number of rotatable bonds is 38. The second kappa shape index (κ2) is 35.2. The Morgan fingerprint density at radius 2 is 0.866 bits per heavy atom. The first-order valence-corrected chi connectivity index (χ1v) is 23.8. The summed E-state index contributed by atoms with van der Waals surface area (Å²) >= 11 is 0. The average Bonchev–Trinajstić information content (AvgIpc) is 3.26. The van der Waals surface area contributed by atoms with Crippen molar-refractivity contribution in [2.75, 3.05) is 138 Å². The SMILES string of the molecule is CC(=O)OCCOCCOCCNC(=O)CN(CC(=O)NCCOCCOCCOC(C)=O)C(Cc1ccc(-c2ccc(OP(C)(=O)O)cc2)cc1)C(=O)NCCOCCOCCOC(C)=O.